The summed E-state index contributed by atoms with van der Waals surface area (Å²) in [6.45, 7) is -0.955. The highest BCUT2D eigenvalue weighted by Crippen LogP contribution is 2.60. The third-order valence-corrected chi connectivity index (χ3v) is 3.86. The zero-order valence-electron chi connectivity index (χ0n) is 12.3. The second-order valence-corrected chi connectivity index (χ2v) is 5.35. The Labute approximate surface area is 131 Å². The zero-order valence-corrected chi connectivity index (χ0v) is 12.3. The van der Waals surface area contributed by atoms with Gasteiger partial charge in [-0.1, -0.05) is 6.07 Å². The van der Waals surface area contributed by atoms with Crippen LogP contribution >= 0.6 is 0 Å². The summed E-state index contributed by atoms with van der Waals surface area (Å²) in [7, 11) is 0.243. The van der Waals surface area contributed by atoms with Crippen LogP contribution in [0.4, 0.5) is 4.39 Å². The fraction of sp³-hybridized carbons (Fsp3) is 0.429. The van der Waals surface area contributed by atoms with E-state index in [0.717, 1.165) is 12.5 Å². The van der Waals surface area contributed by atoms with Gasteiger partial charge in [0.05, 0.1) is 0 Å². The molecule has 0 saturated heterocycles. The molecule has 0 aromatic heterocycles. The van der Waals surface area contributed by atoms with E-state index in [4.69, 9.17) is 9.39 Å². The maximum absolute atomic E-state index is 14.0. The fourth-order valence-corrected chi connectivity index (χ4v) is 2.66. The molecule has 23 heavy (non-hydrogen) atoms. The van der Waals surface area contributed by atoms with E-state index in [1.165, 1.54) is 13.2 Å². The summed E-state index contributed by atoms with van der Waals surface area (Å²) in [6, 6.07) is 2.69. The van der Waals surface area contributed by atoms with Crippen molar-refractivity contribution in [1.29, 1.82) is 0 Å². The highest BCUT2D eigenvalue weighted by Gasteiger charge is 2.54. The SMILES string of the molecule is COCC(=O)OCOC(=O)c1c(F)ccc2c1OB(O)C1CC21. The molecule has 122 valence electrons. The van der Waals surface area contributed by atoms with Gasteiger partial charge in [-0.05, 0) is 24.0 Å². The minimum Gasteiger partial charge on any atom is -0.535 e. The lowest BCUT2D eigenvalue weighted by atomic mass is 9.77. The summed E-state index contributed by atoms with van der Waals surface area (Å²) in [5.74, 6) is -2.56. The van der Waals surface area contributed by atoms with Crippen LogP contribution in [-0.2, 0) is 19.0 Å². The first-order chi connectivity index (χ1) is 11.0. The molecule has 3 rings (SSSR count). The summed E-state index contributed by atoms with van der Waals surface area (Å²) in [4.78, 5) is 23.1. The van der Waals surface area contributed by atoms with Crippen LogP contribution in [0.15, 0.2) is 12.1 Å². The molecule has 9 heteroatoms. The topological polar surface area (TPSA) is 91.3 Å². The zero-order chi connectivity index (χ0) is 16.6. The summed E-state index contributed by atoms with van der Waals surface area (Å²) in [6.07, 6.45) is 0.725. The molecular weight excluding hydrogens is 310 g/mol. The van der Waals surface area contributed by atoms with Gasteiger partial charge >= 0.3 is 19.1 Å². The first kappa shape index (κ1) is 15.8. The monoisotopic (exact) mass is 324 g/mol. The van der Waals surface area contributed by atoms with Crippen molar-refractivity contribution < 1.29 is 37.9 Å². The summed E-state index contributed by atoms with van der Waals surface area (Å²) in [5, 5.41) is 9.79. The van der Waals surface area contributed by atoms with E-state index in [1.54, 1.807) is 0 Å². The van der Waals surface area contributed by atoms with Gasteiger partial charge in [-0.25, -0.2) is 14.0 Å². The number of carbonyl (C=O) groups excluding carboxylic acids is 2. The van der Waals surface area contributed by atoms with E-state index in [1.807, 2.05) is 0 Å². The van der Waals surface area contributed by atoms with Crippen molar-refractivity contribution in [3.63, 3.8) is 0 Å². The average molecular weight is 324 g/mol. The molecule has 1 fully saturated rings. The summed E-state index contributed by atoms with van der Waals surface area (Å²) < 4.78 is 33.2. The lowest BCUT2D eigenvalue weighted by Gasteiger charge is -2.21. The van der Waals surface area contributed by atoms with Crippen LogP contribution in [0.2, 0.25) is 5.82 Å². The summed E-state index contributed by atoms with van der Waals surface area (Å²) >= 11 is 0. The van der Waals surface area contributed by atoms with Crippen LogP contribution in [0.1, 0.15) is 28.3 Å². The third kappa shape index (κ3) is 3.02. The van der Waals surface area contributed by atoms with Crippen LogP contribution < -0.4 is 4.65 Å². The van der Waals surface area contributed by atoms with Crippen LogP contribution in [-0.4, -0.2) is 44.6 Å². The number of esters is 2. The van der Waals surface area contributed by atoms with Gasteiger partial charge in [0, 0.05) is 12.9 Å². The molecule has 1 aliphatic carbocycles. The molecule has 1 N–H and O–H groups in total. The molecule has 7 nitrogen and oxygen atoms in total. The van der Waals surface area contributed by atoms with Gasteiger partial charge in [0.1, 0.15) is 23.7 Å². The van der Waals surface area contributed by atoms with E-state index in [-0.39, 0.29) is 24.1 Å². The molecular formula is C14H14BFO7. The fourth-order valence-electron chi connectivity index (χ4n) is 2.66. The molecule has 1 aromatic carbocycles. The number of halogens is 1. The van der Waals surface area contributed by atoms with Gasteiger partial charge in [-0.2, -0.15) is 0 Å². The van der Waals surface area contributed by atoms with Gasteiger partial charge in [0.25, 0.3) is 0 Å². The number of hydrogen-bond acceptors (Lipinski definition) is 7. The second kappa shape index (κ2) is 6.17. The maximum atomic E-state index is 14.0. The largest absolute Gasteiger partial charge is 0.535 e. The van der Waals surface area contributed by atoms with E-state index >= 15 is 0 Å². The van der Waals surface area contributed by atoms with E-state index in [0.29, 0.717) is 5.56 Å². The molecule has 0 bridgehead atoms. The highest BCUT2D eigenvalue weighted by atomic mass is 19.1. The first-order valence-corrected chi connectivity index (χ1v) is 7.01. The molecule has 0 spiro atoms. The maximum Gasteiger partial charge on any atom is 0.526 e. The van der Waals surface area contributed by atoms with Crippen molar-refractivity contribution in [2.45, 2.75) is 18.2 Å². The quantitative estimate of drug-likeness (QED) is 0.488. The molecule has 2 atom stereocenters. The van der Waals surface area contributed by atoms with Gasteiger partial charge in [0.15, 0.2) is 0 Å². The normalized spacial score (nSPS) is 20.9. The van der Waals surface area contributed by atoms with Crippen LogP contribution in [0.25, 0.3) is 0 Å². The molecule has 1 aliphatic heterocycles. The Hall–Kier alpha value is -2.13. The molecule has 1 heterocycles. The smallest absolute Gasteiger partial charge is 0.526 e. The second-order valence-electron chi connectivity index (χ2n) is 5.35. The minimum absolute atomic E-state index is 0.00975. The Morgan fingerprint density at radius 3 is 2.96 bits per heavy atom. The van der Waals surface area contributed by atoms with E-state index in [9.17, 15) is 19.0 Å². The van der Waals surface area contributed by atoms with Gasteiger partial charge in [-0.15, -0.1) is 0 Å². The summed E-state index contributed by atoms with van der Waals surface area (Å²) in [5.41, 5.74) is 0.264. The Morgan fingerprint density at radius 2 is 2.22 bits per heavy atom. The molecule has 2 aliphatic rings. The molecule has 1 aromatic rings. The van der Waals surface area contributed by atoms with Gasteiger partial charge < -0.3 is 23.9 Å². The van der Waals surface area contributed by atoms with Gasteiger partial charge in [-0.3, -0.25) is 0 Å². The van der Waals surface area contributed by atoms with E-state index < -0.39 is 37.2 Å². The number of rotatable bonds is 5. The highest BCUT2D eigenvalue weighted by molar-refractivity contribution is 6.48. The Balaban J connectivity index is 1.73. The van der Waals surface area contributed by atoms with Gasteiger partial charge in [0.2, 0.25) is 6.79 Å². The lowest BCUT2D eigenvalue weighted by molar-refractivity contribution is -0.156. The number of methoxy groups -OCH3 is 1. The van der Waals surface area contributed by atoms with Crippen molar-refractivity contribution in [2.75, 3.05) is 20.5 Å². The van der Waals surface area contributed by atoms with Crippen molar-refractivity contribution in [2.24, 2.45) is 0 Å². The minimum atomic E-state index is -1.07. The standard InChI is InChI=1S/C14H14BFO7/c1-20-5-11(17)21-6-22-14(18)12-10(16)3-2-7-8-4-9(8)15(19)23-13(7)12/h2-3,8-9,19H,4-6H2,1H3. The Bertz CT molecular complexity index is 650. The van der Waals surface area contributed by atoms with Crippen LogP contribution in [0.3, 0.4) is 0 Å². The van der Waals surface area contributed by atoms with Crippen molar-refractivity contribution in [1.82, 2.24) is 0 Å². The molecule has 0 amide bonds. The van der Waals surface area contributed by atoms with E-state index in [2.05, 4.69) is 9.47 Å². The molecule has 1 saturated carbocycles. The lowest BCUT2D eigenvalue weighted by Crippen LogP contribution is -2.28. The number of fused-ring (bicyclic) bond motifs is 3. The predicted molar refractivity (Wildman–Crippen MR) is 74.4 cm³/mol. The van der Waals surface area contributed by atoms with Crippen molar-refractivity contribution in [3.05, 3.63) is 29.1 Å². The number of carbonyl (C=O) groups is 2. The number of benzene rings is 1. The first-order valence-electron chi connectivity index (χ1n) is 7.01. The molecule has 2 unspecified atom stereocenters. The molecule has 0 radical (unpaired) electrons. The van der Waals surface area contributed by atoms with Crippen LogP contribution in [0, 0.1) is 5.82 Å². The van der Waals surface area contributed by atoms with Crippen LogP contribution in [0.5, 0.6) is 5.75 Å². The average Bonchev–Trinajstić information content (AvgIpc) is 3.28. The number of ether oxygens (including phenoxy) is 3. The number of hydrogen-bond donors (Lipinski definition) is 1. The van der Waals surface area contributed by atoms with Crippen molar-refractivity contribution in [3.8, 4) is 5.75 Å². The third-order valence-electron chi connectivity index (χ3n) is 3.86. The Morgan fingerprint density at radius 1 is 1.43 bits per heavy atom. The predicted octanol–water partition coefficient (Wildman–Crippen LogP) is 0.860. The van der Waals surface area contributed by atoms with Crippen molar-refractivity contribution >= 4 is 19.1 Å². The Kier molecular flexibility index (Phi) is 4.23.